The molecule has 17 heteroatoms. The van der Waals surface area contributed by atoms with Crippen LogP contribution in [0, 0.1) is 0 Å². The monoisotopic (exact) mass is 454 g/mol. The second kappa shape index (κ2) is 26.1. The van der Waals surface area contributed by atoms with E-state index in [0.717, 1.165) is 0 Å². The van der Waals surface area contributed by atoms with E-state index in [0.29, 0.717) is 0 Å². The molecule has 0 aromatic rings. The topological polar surface area (TPSA) is 0 Å². The summed E-state index contributed by atoms with van der Waals surface area (Å²) in [7, 11) is -16.5. The maximum Gasteiger partial charge on any atom is 0.456 e. The molecule has 0 saturated heterocycles. The summed E-state index contributed by atoms with van der Waals surface area (Å²) >= 11 is 0. The number of hydrogen-bond acceptors (Lipinski definition) is 0. The molecule has 0 heterocycles. The van der Waals surface area contributed by atoms with E-state index in [4.69, 9.17) is 0 Å². The Morgan fingerprint density at radius 1 is 0.294 bits per heavy atom. The van der Waals surface area contributed by atoms with Crippen molar-refractivity contribution in [3.63, 3.8) is 0 Å². The summed E-state index contributed by atoms with van der Waals surface area (Å²) in [6, 6.07) is 0. The Morgan fingerprint density at radius 2 is 0.294 bits per heavy atom. The normalized spacial score (nSPS) is 8.47. The third-order valence-electron chi connectivity index (χ3n) is 0. The summed E-state index contributed by atoms with van der Waals surface area (Å²) in [5, 5.41) is 0. The van der Waals surface area contributed by atoms with Crippen molar-refractivity contribution in [1.82, 2.24) is 0 Å². The van der Waals surface area contributed by atoms with Crippen molar-refractivity contribution < 1.29 is 69.8 Å². The van der Waals surface area contributed by atoms with E-state index in [9.17, 15) is 50.4 Å². The van der Waals surface area contributed by atoms with E-state index >= 15 is 0 Å². The molecule has 0 rings (SSSR count). The Balaban J connectivity index is -0.0000000369. The Bertz CT molecular complexity index is 61.5. The van der Waals surface area contributed by atoms with Crippen LogP contribution < -0.4 is 0 Å². The Labute approximate surface area is 106 Å². The molecule has 0 amide bonds. The minimum absolute atomic E-state index is 0. The molecule has 0 spiro atoms. The van der Waals surface area contributed by atoms with Crippen LogP contribution in [0.5, 0.6) is 0 Å². The fourth-order valence-corrected chi connectivity index (χ4v) is 0. The van der Waals surface area contributed by atoms with Crippen LogP contribution in [0.2, 0.25) is 0 Å². The minimum Gasteiger partial charge on any atom is -0.152 e. The zero-order valence-corrected chi connectivity index (χ0v) is 12.0. The van der Waals surface area contributed by atoms with Crippen LogP contribution in [-0.2, 0) is 19.5 Å². The summed E-state index contributed by atoms with van der Waals surface area (Å²) in [4.78, 5) is 0. The predicted molar refractivity (Wildman–Crippen MR) is 41.0 cm³/mol. The van der Waals surface area contributed by atoms with Crippen LogP contribution in [-0.4, -0.2) is 0 Å². The molecule has 0 atom stereocenters. The van der Waals surface area contributed by atoms with Crippen molar-refractivity contribution in [2.75, 3.05) is 0 Å². The van der Waals surface area contributed by atoms with E-state index in [1.165, 1.54) is 0 Å². The van der Waals surface area contributed by atoms with Gasteiger partial charge in [-0.1, -0.05) is 0 Å². The van der Waals surface area contributed by atoms with Crippen LogP contribution in [0.1, 0.15) is 0 Å². The molecule has 0 aromatic carbocycles. The summed E-state index contributed by atoms with van der Waals surface area (Å²) in [6.45, 7) is 0. The maximum atomic E-state index is 9.73. The zero-order valence-electron chi connectivity index (χ0n) is 6.68. The average Bonchev–Trinajstić information content (AvgIpc) is 1.76. The SMILES string of the molecule is FP(F)F.FP(F)F.FP(F)F.FP(F)F.[Ru]. The quantitative estimate of drug-likeness (QED) is 0.196. The van der Waals surface area contributed by atoms with Crippen LogP contribution >= 0.6 is 35.4 Å². The van der Waals surface area contributed by atoms with Gasteiger partial charge in [-0.3, -0.25) is 0 Å². The van der Waals surface area contributed by atoms with Gasteiger partial charge in [-0.25, -0.2) is 0 Å². The van der Waals surface area contributed by atoms with E-state index < -0.39 is 35.4 Å². The van der Waals surface area contributed by atoms with Gasteiger partial charge in [0.1, 0.15) is 0 Å². The molecule has 0 N–H and O–H groups in total. The smallest absolute Gasteiger partial charge is 0.152 e. The summed E-state index contributed by atoms with van der Waals surface area (Å²) in [5.74, 6) is 0. The van der Waals surface area contributed by atoms with Gasteiger partial charge in [0.25, 0.3) is 0 Å². The van der Waals surface area contributed by atoms with Crippen LogP contribution in [0.3, 0.4) is 0 Å². The van der Waals surface area contributed by atoms with Crippen molar-refractivity contribution in [1.29, 1.82) is 0 Å². The molecule has 0 aliphatic carbocycles. The third-order valence-corrected chi connectivity index (χ3v) is 0. The van der Waals surface area contributed by atoms with Crippen molar-refractivity contribution in [2.24, 2.45) is 0 Å². The Morgan fingerprint density at radius 3 is 0.294 bits per heavy atom. The number of hydrogen-bond donors (Lipinski definition) is 0. The molecule has 0 aliphatic rings. The van der Waals surface area contributed by atoms with E-state index in [1.54, 1.807) is 0 Å². The maximum absolute atomic E-state index is 9.73. The molecule has 112 valence electrons. The minimum atomic E-state index is -4.12. The molecule has 17 heavy (non-hydrogen) atoms. The second-order valence-corrected chi connectivity index (χ2v) is 2.30. The standard InChI is InChI=1S/4F3P.Ru/c4*1-4(2)3;. The van der Waals surface area contributed by atoms with Gasteiger partial charge in [-0.05, 0) is 0 Å². The molecular weight excluding hydrogens is 453 g/mol. The summed E-state index contributed by atoms with van der Waals surface area (Å²) in [6.07, 6.45) is 0. The first-order valence-corrected chi connectivity index (χ1v) is 6.09. The zero-order chi connectivity index (χ0) is 14.3. The van der Waals surface area contributed by atoms with Crippen LogP contribution in [0.4, 0.5) is 50.4 Å². The van der Waals surface area contributed by atoms with Gasteiger partial charge in [-0.15, -0.1) is 0 Å². The molecule has 0 aromatic heterocycles. The molecule has 0 bridgehead atoms. The molecule has 0 fully saturated rings. The number of halogens is 12. The largest absolute Gasteiger partial charge is 0.456 e. The van der Waals surface area contributed by atoms with Crippen LogP contribution in [0.15, 0.2) is 0 Å². The van der Waals surface area contributed by atoms with Gasteiger partial charge in [-0.2, -0.15) is 50.4 Å². The third kappa shape index (κ3) is 1860. The summed E-state index contributed by atoms with van der Waals surface area (Å²) < 4.78 is 117. The molecular formula is F12P4Ru. The molecule has 0 nitrogen and oxygen atoms in total. The van der Waals surface area contributed by atoms with Gasteiger partial charge in [0.15, 0.2) is 0 Å². The van der Waals surface area contributed by atoms with Crippen molar-refractivity contribution in [3.8, 4) is 0 Å². The van der Waals surface area contributed by atoms with E-state index in [2.05, 4.69) is 0 Å². The van der Waals surface area contributed by atoms with E-state index in [1.807, 2.05) is 0 Å². The predicted octanol–water partition coefficient (Wildman–Crippen LogP) is 8.48. The molecule has 0 unspecified atom stereocenters. The number of rotatable bonds is 0. The molecule has 0 saturated carbocycles. The Hall–Kier alpha value is 1.50. The first-order chi connectivity index (χ1) is 6.93. The van der Waals surface area contributed by atoms with Gasteiger partial charge in [0.05, 0.1) is 0 Å². The van der Waals surface area contributed by atoms with E-state index in [-0.39, 0.29) is 19.5 Å². The summed E-state index contributed by atoms with van der Waals surface area (Å²) in [5.41, 5.74) is 0. The van der Waals surface area contributed by atoms with Crippen molar-refractivity contribution in [2.45, 2.75) is 0 Å². The van der Waals surface area contributed by atoms with Gasteiger partial charge < -0.3 is 0 Å². The molecule has 0 aliphatic heterocycles. The second-order valence-electron chi connectivity index (χ2n) is 0.767. The van der Waals surface area contributed by atoms with Gasteiger partial charge in [0.2, 0.25) is 0 Å². The first-order valence-electron chi connectivity index (χ1n) is 2.03. The Kier molecular flexibility index (Phi) is 47.8. The first kappa shape index (κ1) is 31.1. The van der Waals surface area contributed by atoms with Crippen molar-refractivity contribution >= 4 is 35.4 Å². The van der Waals surface area contributed by atoms with Gasteiger partial charge >= 0.3 is 35.4 Å². The fraction of sp³-hybridized carbons (Fsp3) is 0. The van der Waals surface area contributed by atoms with Crippen LogP contribution in [0.25, 0.3) is 0 Å². The molecule has 0 radical (unpaired) electrons. The van der Waals surface area contributed by atoms with Crippen molar-refractivity contribution in [3.05, 3.63) is 0 Å². The average molecular weight is 453 g/mol. The van der Waals surface area contributed by atoms with Gasteiger partial charge in [0, 0.05) is 19.5 Å². The fourth-order valence-electron chi connectivity index (χ4n) is 0.